The van der Waals surface area contributed by atoms with E-state index in [2.05, 4.69) is 15.6 Å². The Balaban J connectivity index is 1.65. The lowest BCUT2D eigenvalue weighted by Crippen LogP contribution is -2.46. The van der Waals surface area contributed by atoms with Gasteiger partial charge in [0.05, 0.1) is 12.1 Å². The Kier molecular flexibility index (Phi) is 7.84. The topological polar surface area (TPSA) is 89.3 Å². The summed E-state index contributed by atoms with van der Waals surface area (Å²) in [6.45, 7) is 2.80. The van der Waals surface area contributed by atoms with Crippen molar-refractivity contribution in [3.63, 3.8) is 0 Å². The van der Waals surface area contributed by atoms with E-state index < -0.39 is 6.04 Å². The van der Waals surface area contributed by atoms with Crippen LogP contribution in [-0.4, -0.2) is 52.0 Å². The van der Waals surface area contributed by atoms with Crippen LogP contribution < -0.4 is 5.32 Å². The highest BCUT2D eigenvalue weighted by atomic mass is 16.5. The summed E-state index contributed by atoms with van der Waals surface area (Å²) in [5.74, 6) is -0.503. The first-order chi connectivity index (χ1) is 17.1. The molecule has 3 aromatic carbocycles. The SMILES string of the molecule is COCCN(C(=O)Cn1nnc2ccccc21)C(C(=O)NCc1ccccc1)c1ccccc1C. The fourth-order valence-corrected chi connectivity index (χ4v) is 4.07. The molecule has 0 aliphatic heterocycles. The summed E-state index contributed by atoms with van der Waals surface area (Å²) >= 11 is 0. The molecule has 1 atom stereocenters. The second kappa shape index (κ2) is 11.4. The molecule has 1 N–H and O–H groups in total. The smallest absolute Gasteiger partial charge is 0.247 e. The van der Waals surface area contributed by atoms with Gasteiger partial charge in [-0.25, -0.2) is 4.68 Å². The van der Waals surface area contributed by atoms with Gasteiger partial charge in [0.1, 0.15) is 18.1 Å². The Labute approximate surface area is 204 Å². The molecule has 0 aliphatic carbocycles. The Morgan fingerprint density at radius 3 is 2.49 bits per heavy atom. The van der Waals surface area contributed by atoms with Crippen LogP contribution in [0.25, 0.3) is 11.0 Å². The van der Waals surface area contributed by atoms with Crippen LogP contribution in [0.15, 0.2) is 78.9 Å². The Hall–Kier alpha value is -4.04. The van der Waals surface area contributed by atoms with Crippen LogP contribution in [0.3, 0.4) is 0 Å². The molecule has 0 bridgehead atoms. The summed E-state index contributed by atoms with van der Waals surface area (Å²) in [7, 11) is 1.58. The van der Waals surface area contributed by atoms with E-state index >= 15 is 0 Å². The van der Waals surface area contributed by atoms with Gasteiger partial charge in [-0.15, -0.1) is 5.10 Å². The van der Waals surface area contributed by atoms with Gasteiger partial charge in [0.25, 0.3) is 0 Å². The number of carbonyl (C=O) groups excluding carboxylic acids is 2. The number of rotatable bonds is 10. The molecule has 0 aliphatic rings. The van der Waals surface area contributed by atoms with Crippen molar-refractivity contribution in [2.24, 2.45) is 0 Å². The summed E-state index contributed by atoms with van der Waals surface area (Å²) in [5.41, 5.74) is 4.14. The van der Waals surface area contributed by atoms with E-state index in [-0.39, 0.29) is 31.5 Å². The molecular formula is C27H29N5O3. The number of para-hydroxylation sites is 1. The molecule has 4 rings (SSSR count). The number of ether oxygens (including phenoxy) is 1. The maximum Gasteiger partial charge on any atom is 0.247 e. The lowest BCUT2D eigenvalue weighted by molar-refractivity contribution is -0.142. The van der Waals surface area contributed by atoms with Crippen molar-refractivity contribution in [1.82, 2.24) is 25.2 Å². The predicted molar refractivity (Wildman–Crippen MR) is 133 cm³/mol. The van der Waals surface area contributed by atoms with E-state index in [9.17, 15) is 9.59 Å². The van der Waals surface area contributed by atoms with Gasteiger partial charge >= 0.3 is 0 Å². The summed E-state index contributed by atoms with van der Waals surface area (Å²) in [6, 6.07) is 24.0. The Morgan fingerprint density at radius 1 is 1.00 bits per heavy atom. The number of fused-ring (bicyclic) bond motifs is 1. The predicted octanol–water partition coefficient (Wildman–Crippen LogP) is 3.27. The van der Waals surface area contributed by atoms with Gasteiger partial charge in [-0.3, -0.25) is 9.59 Å². The van der Waals surface area contributed by atoms with Gasteiger partial charge in [0.2, 0.25) is 11.8 Å². The number of nitrogens with zero attached hydrogens (tertiary/aromatic N) is 4. The number of nitrogens with one attached hydrogen (secondary N) is 1. The molecule has 4 aromatic rings. The van der Waals surface area contributed by atoms with Crippen LogP contribution >= 0.6 is 0 Å². The zero-order valence-electron chi connectivity index (χ0n) is 19.9. The number of carbonyl (C=O) groups is 2. The molecule has 0 saturated carbocycles. The first-order valence-electron chi connectivity index (χ1n) is 11.5. The average molecular weight is 472 g/mol. The van der Waals surface area contributed by atoms with Crippen molar-refractivity contribution in [3.8, 4) is 0 Å². The van der Waals surface area contributed by atoms with E-state index in [1.54, 1.807) is 16.7 Å². The van der Waals surface area contributed by atoms with Crippen LogP contribution in [-0.2, 0) is 27.4 Å². The van der Waals surface area contributed by atoms with Gasteiger partial charge in [0.15, 0.2) is 0 Å². The van der Waals surface area contributed by atoms with Gasteiger partial charge < -0.3 is 15.0 Å². The van der Waals surface area contributed by atoms with Crippen molar-refractivity contribution in [3.05, 3.63) is 95.6 Å². The van der Waals surface area contributed by atoms with E-state index in [0.29, 0.717) is 12.1 Å². The van der Waals surface area contributed by atoms with Crippen LogP contribution in [0.4, 0.5) is 0 Å². The fourth-order valence-electron chi connectivity index (χ4n) is 4.07. The minimum atomic E-state index is -0.822. The Morgan fingerprint density at radius 2 is 1.71 bits per heavy atom. The fraction of sp³-hybridized carbons (Fsp3) is 0.259. The minimum absolute atomic E-state index is 0.0431. The van der Waals surface area contributed by atoms with Crippen molar-refractivity contribution >= 4 is 22.8 Å². The molecule has 0 saturated heterocycles. The van der Waals surface area contributed by atoms with Gasteiger partial charge in [-0.05, 0) is 35.7 Å². The van der Waals surface area contributed by atoms with Crippen molar-refractivity contribution in [2.45, 2.75) is 26.1 Å². The number of benzene rings is 3. The molecule has 8 heteroatoms. The third kappa shape index (κ3) is 5.73. The number of methoxy groups -OCH3 is 1. The maximum absolute atomic E-state index is 13.7. The lowest BCUT2D eigenvalue weighted by atomic mass is 9.98. The first-order valence-corrected chi connectivity index (χ1v) is 11.5. The molecule has 35 heavy (non-hydrogen) atoms. The van der Waals surface area contributed by atoms with Crippen LogP contribution in [0.5, 0.6) is 0 Å². The van der Waals surface area contributed by atoms with E-state index in [1.165, 1.54) is 0 Å². The van der Waals surface area contributed by atoms with Gasteiger partial charge in [0, 0.05) is 20.2 Å². The zero-order valence-corrected chi connectivity index (χ0v) is 19.9. The maximum atomic E-state index is 13.7. The molecule has 2 amide bonds. The molecule has 180 valence electrons. The number of hydrogen-bond donors (Lipinski definition) is 1. The highest BCUT2D eigenvalue weighted by molar-refractivity contribution is 5.89. The normalized spacial score (nSPS) is 11.8. The first kappa shape index (κ1) is 24.1. The monoisotopic (exact) mass is 471 g/mol. The molecule has 0 radical (unpaired) electrons. The molecule has 1 heterocycles. The van der Waals surface area contributed by atoms with Crippen LogP contribution in [0.2, 0.25) is 0 Å². The van der Waals surface area contributed by atoms with Crippen molar-refractivity contribution in [2.75, 3.05) is 20.3 Å². The summed E-state index contributed by atoms with van der Waals surface area (Å²) < 4.78 is 6.86. The summed E-state index contributed by atoms with van der Waals surface area (Å²) in [5, 5.41) is 11.3. The number of aryl methyl sites for hydroxylation is 1. The lowest BCUT2D eigenvalue weighted by Gasteiger charge is -2.32. The highest BCUT2D eigenvalue weighted by Crippen LogP contribution is 2.25. The third-order valence-corrected chi connectivity index (χ3v) is 5.91. The molecular weight excluding hydrogens is 442 g/mol. The van der Waals surface area contributed by atoms with Gasteiger partial charge in [-0.1, -0.05) is 71.9 Å². The molecule has 1 aromatic heterocycles. The van der Waals surface area contributed by atoms with E-state index in [1.807, 2.05) is 85.8 Å². The second-order valence-electron chi connectivity index (χ2n) is 8.28. The molecule has 0 spiro atoms. The summed E-state index contributed by atoms with van der Waals surface area (Å²) in [6.07, 6.45) is 0. The Bertz CT molecular complexity index is 1290. The van der Waals surface area contributed by atoms with E-state index in [0.717, 1.165) is 22.2 Å². The van der Waals surface area contributed by atoms with Crippen molar-refractivity contribution < 1.29 is 14.3 Å². The highest BCUT2D eigenvalue weighted by Gasteiger charge is 2.32. The standard InChI is InChI=1S/C27H29N5O3/c1-20-10-6-7-13-22(20)26(27(34)28-18-21-11-4-3-5-12-21)31(16-17-35-2)25(33)19-32-24-15-9-8-14-23(24)29-30-32/h3-15,26H,16-19H2,1-2H3,(H,28,34). The number of hydrogen-bond acceptors (Lipinski definition) is 5. The third-order valence-electron chi connectivity index (χ3n) is 5.91. The number of amides is 2. The molecule has 0 fully saturated rings. The number of aromatic nitrogens is 3. The minimum Gasteiger partial charge on any atom is -0.383 e. The summed E-state index contributed by atoms with van der Waals surface area (Å²) in [4.78, 5) is 28.9. The average Bonchev–Trinajstić information content (AvgIpc) is 3.29. The largest absolute Gasteiger partial charge is 0.383 e. The zero-order chi connectivity index (χ0) is 24.6. The van der Waals surface area contributed by atoms with E-state index in [4.69, 9.17) is 4.74 Å². The molecule has 8 nitrogen and oxygen atoms in total. The quantitative estimate of drug-likeness (QED) is 0.383. The van der Waals surface area contributed by atoms with Gasteiger partial charge in [-0.2, -0.15) is 0 Å². The van der Waals surface area contributed by atoms with Crippen molar-refractivity contribution in [1.29, 1.82) is 0 Å². The molecule has 1 unspecified atom stereocenters. The van der Waals surface area contributed by atoms with Crippen LogP contribution in [0, 0.1) is 6.92 Å². The second-order valence-corrected chi connectivity index (χ2v) is 8.28. The van der Waals surface area contributed by atoms with Crippen LogP contribution in [0.1, 0.15) is 22.7 Å².